The van der Waals surface area contributed by atoms with Crippen LogP contribution in [-0.2, 0) is 0 Å². The summed E-state index contributed by atoms with van der Waals surface area (Å²) in [7, 11) is 0. The molecule has 0 bridgehead atoms. The number of nitrogens with two attached hydrogens (primary N) is 2. The molecular formula is C7H18N4O. The van der Waals surface area contributed by atoms with Gasteiger partial charge in [-0.2, -0.15) is 0 Å². The topological polar surface area (TPSA) is 78.8 Å². The first kappa shape index (κ1) is 9.88. The minimum Gasteiger partial charge on any atom is -0.390 e. The van der Waals surface area contributed by atoms with E-state index < -0.39 is 0 Å². The summed E-state index contributed by atoms with van der Waals surface area (Å²) in [6.07, 6.45) is -0.394. The molecule has 1 aliphatic heterocycles. The van der Waals surface area contributed by atoms with Gasteiger partial charge in [0.25, 0.3) is 0 Å². The van der Waals surface area contributed by atoms with Crippen LogP contribution in [0.2, 0.25) is 0 Å². The standard InChI is InChI=1S/C7H18N4O/c1-6(8)10-2-3-11(9)5-7(12)4-10/h6-7,12H,2-5,8-9H2,1H3. The summed E-state index contributed by atoms with van der Waals surface area (Å²) >= 11 is 0. The molecule has 0 saturated carbocycles. The van der Waals surface area contributed by atoms with Crippen LogP contribution in [-0.4, -0.2) is 53.5 Å². The van der Waals surface area contributed by atoms with Crippen LogP contribution in [0.25, 0.3) is 0 Å². The van der Waals surface area contributed by atoms with Crippen molar-refractivity contribution in [2.75, 3.05) is 26.2 Å². The van der Waals surface area contributed by atoms with Crippen molar-refractivity contribution < 1.29 is 5.11 Å². The van der Waals surface area contributed by atoms with E-state index in [1.54, 1.807) is 5.01 Å². The van der Waals surface area contributed by atoms with E-state index in [1.807, 2.05) is 11.8 Å². The zero-order valence-corrected chi connectivity index (χ0v) is 7.48. The average Bonchev–Trinajstić information content (AvgIpc) is 2.11. The predicted octanol–water partition coefficient (Wildman–Crippen LogP) is -1.86. The Balaban J connectivity index is 2.46. The molecule has 1 fully saturated rings. The van der Waals surface area contributed by atoms with Crippen molar-refractivity contribution in [1.82, 2.24) is 9.91 Å². The highest BCUT2D eigenvalue weighted by Crippen LogP contribution is 2.01. The van der Waals surface area contributed by atoms with Gasteiger partial charge in [-0.1, -0.05) is 0 Å². The third-order valence-corrected chi connectivity index (χ3v) is 2.14. The minimum atomic E-state index is -0.386. The number of hydrogen-bond donors (Lipinski definition) is 3. The molecule has 0 amide bonds. The van der Waals surface area contributed by atoms with Crippen LogP contribution in [0, 0.1) is 0 Å². The minimum absolute atomic E-state index is 0.00819. The quantitative estimate of drug-likeness (QED) is 0.406. The van der Waals surface area contributed by atoms with Crippen molar-refractivity contribution >= 4 is 0 Å². The molecule has 1 saturated heterocycles. The summed E-state index contributed by atoms with van der Waals surface area (Å²) in [6.45, 7) is 4.65. The van der Waals surface area contributed by atoms with E-state index >= 15 is 0 Å². The number of nitrogens with zero attached hydrogens (tertiary/aromatic N) is 2. The van der Waals surface area contributed by atoms with E-state index in [0.29, 0.717) is 13.1 Å². The van der Waals surface area contributed by atoms with Crippen LogP contribution in [0.1, 0.15) is 6.92 Å². The monoisotopic (exact) mass is 174 g/mol. The SMILES string of the molecule is CC(N)N1CCN(N)CC(O)C1. The van der Waals surface area contributed by atoms with Gasteiger partial charge in [-0.15, -0.1) is 0 Å². The van der Waals surface area contributed by atoms with Crippen LogP contribution in [0.5, 0.6) is 0 Å². The first-order valence-corrected chi connectivity index (χ1v) is 4.27. The third-order valence-electron chi connectivity index (χ3n) is 2.14. The molecule has 12 heavy (non-hydrogen) atoms. The Morgan fingerprint density at radius 3 is 2.67 bits per heavy atom. The Labute approximate surface area is 72.9 Å². The number of aliphatic hydroxyl groups excluding tert-OH is 1. The largest absolute Gasteiger partial charge is 0.390 e. The molecule has 0 aromatic heterocycles. The summed E-state index contributed by atoms with van der Waals surface area (Å²) in [5.41, 5.74) is 5.70. The molecule has 5 heteroatoms. The Bertz CT molecular complexity index is 141. The van der Waals surface area contributed by atoms with Gasteiger partial charge in [-0.25, -0.2) is 5.01 Å². The molecule has 0 aromatic carbocycles. The summed E-state index contributed by atoms with van der Waals surface area (Å²) < 4.78 is 0. The second kappa shape index (κ2) is 4.15. The third kappa shape index (κ3) is 2.69. The highest BCUT2D eigenvalue weighted by molar-refractivity contribution is 4.74. The molecule has 72 valence electrons. The molecule has 5 nitrogen and oxygen atoms in total. The first-order chi connectivity index (χ1) is 5.59. The van der Waals surface area contributed by atoms with Gasteiger partial charge in [0.15, 0.2) is 0 Å². The first-order valence-electron chi connectivity index (χ1n) is 4.27. The number of β-amino-alcohol motifs (C(OH)–C–C–N with tert-alkyl or cyclic N) is 1. The van der Waals surface area contributed by atoms with Crippen molar-refractivity contribution in [2.45, 2.75) is 19.2 Å². The van der Waals surface area contributed by atoms with Gasteiger partial charge in [-0.05, 0) is 6.92 Å². The van der Waals surface area contributed by atoms with Gasteiger partial charge in [0.2, 0.25) is 0 Å². The fourth-order valence-electron chi connectivity index (χ4n) is 1.41. The predicted molar refractivity (Wildman–Crippen MR) is 47.0 cm³/mol. The molecule has 1 rings (SSSR count). The average molecular weight is 174 g/mol. The fraction of sp³-hybridized carbons (Fsp3) is 1.00. The number of hydrogen-bond acceptors (Lipinski definition) is 5. The van der Waals surface area contributed by atoms with Crippen molar-refractivity contribution in [3.63, 3.8) is 0 Å². The van der Waals surface area contributed by atoms with E-state index in [9.17, 15) is 5.11 Å². The zero-order chi connectivity index (χ0) is 9.14. The highest BCUT2D eigenvalue weighted by atomic mass is 16.3. The van der Waals surface area contributed by atoms with Crippen molar-refractivity contribution in [1.29, 1.82) is 0 Å². The van der Waals surface area contributed by atoms with Gasteiger partial charge >= 0.3 is 0 Å². The van der Waals surface area contributed by atoms with E-state index in [1.165, 1.54) is 0 Å². The lowest BCUT2D eigenvalue weighted by Gasteiger charge is -2.24. The lowest BCUT2D eigenvalue weighted by molar-refractivity contribution is 0.0985. The molecule has 0 aliphatic carbocycles. The number of aliphatic hydroxyl groups is 1. The van der Waals surface area contributed by atoms with Gasteiger partial charge in [0, 0.05) is 26.2 Å². The second-order valence-electron chi connectivity index (χ2n) is 3.38. The molecule has 0 spiro atoms. The Morgan fingerprint density at radius 1 is 1.42 bits per heavy atom. The smallest absolute Gasteiger partial charge is 0.0808 e. The fourth-order valence-corrected chi connectivity index (χ4v) is 1.41. The Morgan fingerprint density at radius 2 is 2.08 bits per heavy atom. The molecule has 0 radical (unpaired) electrons. The van der Waals surface area contributed by atoms with Gasteiger partial charge < -0.3 is 10.8 Å². The van der Waals surface area contributed by atoms with Crippen molar-refractivity contribution in [2.24, 2.45) is 11.6 Å². The molecular weight excluding hydrogens is 156 g/mol. The van der Waals surface area contributed by atoms with Crippen LogP contribution >= 0.6 is 0 Å². The van der Waals surface area contributed by atoms with Crippen LogP contribution in [0.15, 0.2) is 0 Å². The van der Waals surface area contributed by atoms with Crippen molar-refractivity contribution in [3.8, 4) is 0 Å². The normalized spacial score (nSPS) is 31.5. The summed E-state index contributed by atoms with van der Waals surface area (Å²) in [6, 6.07) is 0. The Hall–Kier alpha value is -0.200. The van der Waals surface area contributed by atoms with Crippen LogP contribution in [0.3, 0.4) is 0 Å². The highest BCUT2D eigenvalue weighted by Gasteiger charge is 2.20. The molecule has 0 aromatic rings. The molecule has 2 atom stereocenters. The second-order valence-corrected chi connectivity index (χ2v) is 3.38. The van der Waals surface area contributed by atoms with Gasteiger partial charge in [-0.3, -0.25) is 10.7 Å². The van der Waals surface area contributed by atoms with E-state index in [0.717, 1.165) is 13.1 Å². The van der Waals surface area contributed by atoms with E-state index in [-0.39, 0.29) is 12.3 Å². The molecule has 2 unspecified atom stereocenters. The van der Waals surface area contributed by atoms with Crippen LogP contribution in [0.4, 0.5) is 0 Å². The molecule has 1 aliphatic rings. The maximum absolute atomic E-state index is 9.46. The van der Waals surface area contributed by atoms with Crippen LogP contribution < -0.4 is 11.6 Å². The van der Waals surface area contributed by atoms with E-state index in [2.05, 4.69) is 0 Å². The maximum atomic E-state index is 9.46. The Kier molecular flexibility index (Phi) is 3.42. The summed E-state index contributed by atoms with van der Waals surface area (Å²) in [5, 5.41) is 11.1. The van der Waals surface area contributed by atoms with Gasteiger partial charge in [0.1, 0.15) is 0 Å². The summed E-state index contributed by atoms with van der Waals surface area (Å²) in [4.78, 5) is 2.03. The summed E-state index contributed by atoms with van der Waals surface area (Å²) in [5.74, 6) is 5.59. The molecule has 1 heterocycles. The molecule has 5 N–H and O–H groups in total. The van der Waals surface area contributed by atoms with E-state index in [4.69, 9.17) is 11.6 Å². The number of hydrazine groups is 1. The maximum Gasteiger partial charge on any atom is 0.0808 e. The van der Waals surface area contributed by atoms with Crippen molar-refractivity contribution in [3.05, 3.63) is 0 Å². The lowest BCUT2D eigenvalue weighted by Crippen LogP contribution is -2.44. The van der Waals surface area contributed by atoms with Gasteiger partial charge in [0.05, 0.1) is 12.3 Å². The lowest BCUT2D eigenvalue weighted by atomic mass is 10.3. The zero-order valence-electron chi connectivity index (χ0n) is 7.48. The number of rotatable bonds is 1.